The van der Waals surface area contributed by atoms with Gasteiger partial charge in [0.25, 0.3) is 0 Å². The quantitative estimate of drug-likeness (QED) is 0.732. The number of esters is 2. The summed E-state index contributed by atoms with van der Waals surface area (Å²) < 4.78 is 16.0. The summed E-state index contributed by atoms with van der Waals surface area (Å²) in [7, 11) is 1.34. The summed E-state index contributed by atoms with van der Waals surface area (Å²) in [5.74, 6) is -2.77. The van der Waals surface area contributed by atoms with Crippen LogP contribution in [0.4, 0.5) is 0 Å². The zero-order valence-corrected chi connectivity index (χ0v) is 18.3. The number of furan rings is 1. The number of fused-ring (bicyclic) bond motifs is 3. The Hall–Kier alpha value is -2.64. The molecule has 31 heavy (non-hydrogen) atoms. The number of carbonyl (C=O) groups excluding carboxylic acids is 4. The van der Waals surface area contributed by atoms with Crippen LogP contribution < -0.4 is 5.32 Å². The third-order valence-electron chi connectivity index (χ3n) is 7.93. The van der Waals surface area contributed by atoms with E-state index in [9.17, 15) is 19.2 Å². The van der Waals surface area contributed by atoms with Crippen LogP contribution >= 0.6 is 0 Å². The number of ketones is 1. The van der Waals surface area contributed by atoms with Crippen molar-refractivity contribution in [2.24, 2.45) is 28.6 Å². The Morgan fingerprint density at radius 1 is 1.23 bits per heavy atom. The first kappa shape index (κ1) is 21.6. The molecule has 1 aromatic rings. The molecule has 4 rings (SSSR count). The van der Waals surface area contributed by atoms with Crippen molar-refractivity contribution in [3.05, 3.63) is 24.2 Å². The van der Waals surface area contributed by atoms with E-state index in [4.69, 9.17) is 13.9 Å². The van der Waals surface area contributed by atoms with E-state index < -0.39 is 40.7 Å². The number of amides is 1. The minimum Gasteiger partial charge on any atom is -0.472 e. The van der Waals surface area contributed by atoms with Gasteiger partial charge in [0.15, 0.2) is 5.78 Å². The molecule has 2 saturated carbocycles. The normalized spacial score (nSPS) is 39.7. The average molecular weight is 431 g/mol. The molecule has 2 heterocycles. The van der Waals surface area contributed by atoms with Gasteiger partial charge in [0.2, 0.25) is 5.91 Å². The predicted molar refractivity (Wildman–Crippen MR) is 107 cm³/mol. The third kappa shape index (κ3) is 3.27. The molecule has 2 aliphatic carbocycles. The van der Waals surface area contributed by atoms with Crippen molar-refractivity contribution in [1.29, 1.82) is 0 Å². The monoisotopic (exact) mass is 431 g/mol. The molecule has 1 aliphatic heterocycles. The zero-order valence-electron chi connectivity index (χ0n) is 18.3. The second-order valence-electron chi connectivity index (χ2n) is 9.69. The number of hydrogen-bond acceptors (Lipinski definition) is 7. The largest absolute Gasteiger partial charge is 0.472 e. The number of Topliss-reactive ketones (excluding diaryl/α,β-unsaturated/α-hetero) is 1. The van der Waals surface area contributed by atoms with Crippen molar-refractivity contribution in [3.8, 4) is 0 Å². The topological polar surface area (TPSA) is 112 Å². The van der Waals surface area contributed by atoms with Crippen LogP contribution in [0, 0.1) is 28.6 Å². The summed E-state index contributed by atoms with van der Waals surface area (Å²) in [6.45, 7) is 5.26. The van der Waals surface area contributed by atoms with Gasteiger partial charge in [-0.2, -0.15) is 0 Å². The summed E-state index contributed by atoms with van der Waals surface area (Å²) in [5, 5.41) is 2.73. The molecule has 8 heteroatoms. The van der Waals surface area contributed by atoms with Crippen molar-refractivity contribution in [3.63, 3.8) is 0 Å². The molecule has 0 spiro atoms. The van der Waals surface area contributed by atoms with Crippen LogP contribution in [-0.2, 0) is 28.7 Å². The molecule has 1 N–H and O–H groups in total. The van der Waals surface area contributed by atoms with Gasteiger partial charge in [-0.3, -0.25) is 19.2 Å². The van der Waals surface area contributed by atoms with Crippen LogP contribution in [0.5, 0.6) is 0 Å². The molecule has 0 aromatic carbocycles. The molecule has 168 valence electrons. The first-order valence-corrected chi connectivity index (χ1v) is 10.7. The summed E-state index contributed by atoms with van der Waals surface area (Å²) in [5.41, 5.74) is -0.667. The van der Waals surface area contributed by atoms with E-state index in [2.05, 4.69) is 5.32 Å². The third-order valence-corrected chi connectivity index (χ3v) is 7.93. The molecule has 1 amide bonds. The minimum absolute atomic E-state index is 0.120. The molecule has 0 bridgehead atoms. The van der Waals surface area contributed by atoms with Crippen molar-refractivity contribution in [2.75, 3.05) is 7.11 Å². The first-order chi connectivity index (χ1) is 14.6. The lowest BCUT2D eigenvalue weighted by molar-refractivity contribution is -0.204. The molecule has 0 unspecified atom stereocenters. The number of carbonyl (C=O) groups is 4. The fourth-order valence-electron chi connectivity index (χ4n) is 6.57. The van der Waals surface area contributed by atoms with Crippen LogP contribution in [0.15, 0.2) is 23.0 Å². The summed E-state index contributed by atoms with van der Waals surface area (Å²) in [6.07, 6.45) is 4.25. The van der Waals surface area contributed by atoms with E-state index >= 15 is 0 Å². The SMILES string of the molecule is COC(=O)[C@@H]1C[C@@H](NC(C)=O)C(=O)[C@H]2[C@@]1(C)CC[C@H]1C(=O)O[C@H](c3ccoc3)C[C@]21C. The lowest BCUT2D eigenvalue weighted by atomic mass is 9.43. The molecular formula is C23H29NO7. The highest BCUT2D eigenvalue weighted by atomic mass is 16.5. The second-order valence-corrected chi connectivity index (χ2v) is 9.69. The van der Waals surface area contributed by atoms with Crippen molar-refractivity contribution in [2.45, 2.75) is 58.6 Å². The number of ether oxygens (including phenoxy) is 2. The van der Waals surface area contributed by atoms with Crippen molar-refractivity contribution < 1.29 is 33.1 Å². The summed E-state index contributed by atoms with van der Waals surface area (Å²) >= 11 is 0. The number of cyclic esters (lactones) is 1. The Morgan fingerprint density at radius 2 is 1.97 bits per heavy atom. The van der Waals surface area contributed by atoms with Crippen LogP contribution in [-0.4, -0.2) is 36.8 Å². The minimum atomic E-state index is -0.791. The summed E-state index contributed by atoms with van der Waals surface area (Å²) in [6, 6.07) is 0.963. The van der Waals surface area contributed by atoms with Crippen LogP contribution in [0.1, 0.15) is 58.1 Å². The number of methoxy groups -OCH3 is 1. The van der Waals surface area contributed by atoms with Crippen LogP contribution in [0.25, 0.3) is 0 Å². The van der Waals surface area contributed by atoms with E-state index in [-0.39, 0.29) is 30.0 Å². The van der Waals surface area contributed by atoms with Crippen molar-refractivity contribution >= 4 is 23.6 Å². The van der Waals surface area contributed by atoms with Gasteiger partial charge in [-0.1, -0.05) is 13.8 Å². The molecular weight excluding hydrogens is 402 g/mol. The smallest absolute Gasteiger partial charge is 0.310 e. The number of nitrogens with one attached hydrogen (secondary N) is 1. The molecule has 8 nitrogen and oxygen atoms in total. The van der Waals surface area contributed by atoms with E-state index in [1.807, 2.05) is 13.8 Å². The van der Waals surface area contributed by atoms with Gasteiger partial charge in [0.1, 0.15) is 6.10 Å². The van der Waals surface area contributed by atoms with E-state index in [1.165, 1.54) is 20.3 Å². The van der Waals surface area contributed by atoms with Gasteiger partial charge < -0.3 is 19.2 Å². The highest BCUT2D eigenvalue weighted by Crippen LogP contribution is 2.64. The lowest BCUT2D eigenvalue weighted by Crippen LogP contribution is -2.66. The van der Waals surface area contributed by atoms with Gasteiger partial charge in [0, 0.05) is 18.4 Å². The Labute approximate surface area is 181 Å². The Balaban J connectivity index is 1.80. The molecule has 3 aliphatic rings. The Kier molecular flexibility index (Phi) is 5.22. The highest BCUT2D eigenvalue weighted by Gasteiger charge is 2.67. The molecule has 7 atom stereocenters. The second kappa shape index (κ2) is 7.50. The molecule has 1 aromatic heterocycles. The first-order valence-electron chi connectivity index (χ1n) is 10.7. The van der Waals surface area contributed by atoms with Gasteiger partial charge >= 0.3 is 11.9 Å². The van der Waals surface area contributed by atoms with Gasteiger partial charge in [-0.25, -0.2) is 0 Å². The Bertz CT molecular complexity index is 909. The number of hydrogen-bond donors (Lipinski definition) is 1. The fraction of sp³-hybridized carbons (Fsp3) is 0.652. The van der Waals surface area contributed by atoms with Crippen LogP contribution in [0.2, 0.25) is 0 Å². The van der Waals surface area contributed by atoms with Gasteiger partial charge in [-0.15, -0.1) is 0 Å². The predicted octanol–water partition coefficient (Wildman–Crippen LogP) is 2.57. The van der Waals surface area contributed by atoms with Gasteiger partial charge in [0.05, 0.1) is 37.5 Å². The standard InChI is InChI=1S/C23H29NO7/c1-12(25)24-16-9-15(20(27)29-4)22(2)7-5-14-21(28)31-17(13-6-8-30-11-13)10-23(14,3)19(22)18(16)26/h6,8,11,14-17,19H,5,7,9-10H2,1-4H3,(H,24,25)/t14-,15-,16+,17-,19-,22-,23-/m0/s1. The maximum atomic E-state index is 13.8. The maximum Gasteiger partial charge on any atom is 0.310 e. The van der Waals surface area contributed by atoms with Crippen molar-refractivity contribution in [1.82, 2.24) is 5.32 Å². The molecule has 3 fully saturated rings. The van der Waals surface area contributed by atoms with E-state index in [0.717, 1.165) is 5.56 Å². The summed E-state index contributed by atoms with van der Waals surface area (Å²) in [4.78, 5) is 51.4. The zero-order chi connectivity index (χ0) is 22.6. The lowest BCUT2D eigenvalue weighted by Gasteiger charge is -2.61. The van der Waals surface area contributed by atoms with Gasteiger partial charge in [-0.05, 0) is 42.6 Å². The molecule has 0 radical (unpaired) electrons. The van der Waals surface area contributed by atoms with E-state index in [0.29, 0.717) is 19.3 Å². The van der Waals surface area contributed by atoms with E-state index in [1.54, 1.807) is 12.3 Å². The number of rotatable bonds is 3. The highest BCUT2D eigenvalue weighted by molar-refractivity contribution is 5.95. The molecule has 1 saturated heterocycles. The fourth-order valence-corrected chi connectivity index (χ4v) is 6.57. The maximum absolute atomic E-state index is 13.8. The Morgan fingerprint density at radius 3 is 2.58 bits per heavy atom. The van der Waals surface area contributed by atoms with Crippen LogP contribution in [0.3, 0.4) is 0 Å². The average Bonchev–Trinajstić information content (AvgIpc) is 3.23.